The van der Waals surface area contributed by atoms with Crippen molar-refractivity contribution in [2.75, 3.05) is 23.3 Å². The molecule has 1 amide bonds. The number of rotatable bonds is 4. The zero-order valence-electron chi connectivity index (χ0n) is 12.5. The van der Waals surface area contributed by atoms with Crippen molar-refractivity contribution >= 4 is 17.4 Å². The molecule has 0 unspecified atom stereocenters. The van der Waals surface area contributed by atoms with Gasteiger partial charge in [-0.15, -0.1) is 0 Å². The summed E-state index contributed by atoms with van der Waals surface area (Å²) in [6, 6.07) is 3.79. The molecule has 2 aliphatic rings. The second-order valence-corrected chi connectivity index (χ2v) is 6.36. The van der Waals surface area contributed by atoms with Crippen molar-refractivity contribution in [3.05, 3.63) is 18.3 Å². The highest BCUT2D eigenvalue weighted by atomic mass is 16.1. The van der Waals surface area contributed by atoms with Crippen molar-refractivity contribution in [2.45, 2.75) is 50.5 Å². The first-order valence-electron chi connectivity index (χ1n) is 7.95. The second-order valence-electron chi connectivity index (χ2n) is 6.36. The van der Waals surface area contributed by atoms with Gasteiger partial charge in [-0.3, -0.25) is 4.79 Å². The number of nitrogens with zero attached hydrogens (tertiary/aromatic N) is 2. The second kappa shape index (κ2) is 6.02. The van der Waals surface area contributed by atoms with Gasteiger partial charge >= 0.3 is 0 Å². The summed E-state index contributed by atoms with van der Waals surface area (Å²) in [7, 11) is 0. The molecule has 0 bridgehead atoms. The van der Waals surface area contributed by atoms with Gasteiger partial charge in [0.1, 0.15) is 0 Å². The molecule has 0 aromatic carbocycles. The van der Waals surface area contributed by atoms with Crippen LogP contribution in [0.3, 0.4) is 0 Å². The Hall–Kier alpha value is -1.62. The van der Waals surface area contributed by atoms with Gasteiger partial charge in [-0.2, -0.15) is 0 Å². The Morgan fingerprint density at radius 1 is 1.29 bits per heavy atom. The largest absolute Gasteiger partial charge is 0.355 e. The minimum absolute atomic E-state index is 0.00727. The lowest BCUT2D eigenvalue weighted by Gasteiger charge is -2.24. The van der Waals surface area contributed by atoms with Gasteiger partial charge in [0.05, 0.1) is 5.69 Å². The number of carbonyl (C=O) groups excluding carboxylic acids is 1. The van der Waals surface area contributed by atoms with Crippen molar-refractivity contribution in [1.82, 2.24) is 4.98 Å². The molecule has 1 aromatic heterocycles. The Bertz CT molecular complexity index is 505. The number of hydrogen-bond donors (Lipinski definition) is 2. The minimum Gasteiger partial charge on any atom is -0.355 e. The summed E-state index contributed by atoms with van der Waals surface area (Å²) in [6.45, 7) is 2.03. The Balaban J connectivity index is 1.68. The van der Waals surface area contributed by atoms with E-state index >= 15 is 0 Å². The van der Waals surface area contributed by atoms with Crippen LogP contribution in [0.1, 0.15) is 44.9 Å². The topological polar surface area (TPSA) is 71.2 Å². The Labute approximate surface area is 125 Å². The molecule has 0 spiro atoms. The number of hydrogen-bond acceptors (Lipinski definition) is 4. The van der Waals surface area contributed by atoms with E-state index in [1.54, 1.807) is 6.20 Å². The summed E-state index contributed by atoms with van der Waals surface area (Å²) in [5.74, 6) is 0.897. The van der Waals surface area contributed by atoms with Crippen LogP contribution in [0.5, 0.6) is 0 Å². The molecule has 0 atom stereocenters. The molecule has 5 heteroatoms. The van der Waals surface area contributed by atoms with Crippen molar-refractivity contribution < 1.29 is 4.79 Å². The third-order valence-corrected chi connectivity index (χ3v) is 4.58. The maximum Gasteiger partial charge on any atom is 0.226 e. The molecule has 2 fully saturated rings. The van der Waals surface area contributed by atoms with Gasteiger partial charge in [-0.25, -0.2) is 4.98 Å². The fourth-order valence-corrected chi connectivity index (χ4v) is 3.45. The van der Waals surface area contributed by atoms with Gasteiger partial charge in [0.15, 0.2) is 5.82 Å². The van der Waals surface area contributed by atoms with E-state index in [2.05, 4.69) is 15.2 Å². The first-order valence-corrected chi connectivity index (χ1v) is 7.95. The Morgan fingerprint density at radius 2 is 2.00 bits per heavy atom. The van der Waals surface area contributed by atoms with Crippen LogP contribution in [0.2, 0.25) is 0 Å². The van der Waals surface area contributed by atoms with Crippen LogP contribution in [0.4, 0.5) is 11.5 Å². The predicted octanol–water partition coefficient (Wildman–Crippen LogP) is 2.28. The summed E-state index contributed by atoms with van der Waals surface area (Å²) in [6.07, 6.45) is 8.74. The quantitative estimate of drug-likeness (QED) is 0.891. The van der Waals surface area contributed by atoms with Crippen LogP contribution in [-0.4, -0.2) is 29.5 Å². The molecule has 3 rings (SSSR count). The van der Waals surface area contributed by atoms with Crippen LogP contribution in [-0.2, 0) is 4.79 Å². The van der Waals surface area contributed by atoms with Gasteiger partial charge in [-0.05, 0) is 37.8 Å². The maximum absolute atomic E-state index is 12.3. The van der Waals surface area contributed by atoms with Crippen molar-refractivity contribution in [1.29, 1.82) is 0 Å². The average molecular weight is 288 g/mol. The van der Waals surface area contributed by atoms with Crippen molar-refractivity contribution in [3.8, 4) is 0 Å². The highest BCUT2D eigenvalue weighted by Gasteiger charge is 2.32. The monoisotopic (exact) mass is 288 g/mol. The number of pyridine rings is 1. The first kappa shape index (κ1) is 14.3. The number of anilines is 2. The molecule has 1 aliphatic heterocycles. The van der Waals surface area contributed by atoms with Crippen LogP contribution < -0.4 is 16.0 Å². The van der Waals surface area contributed by atoms with E-state index in [1.807, 2.05) is 12.1 Å². The standard InChI is InChI=1S/C16H24N4O/c17-16(7-1-2-8-16)12-14(21)19-13-6-5-9-18-15(13)20-10-3-4-11-20/h5-6,9H,1-4,7-8,10-12,17H2,(H,19,21). The molecule has 0 radical (unpaired) electrons. The van der Waals surface area contributed by atoms with Crippen LogP contribution in [0.25, 0.3) is 0 Å². The SMILES string of the molecule is NC1(CC(=O)Nc2cccnc2N2CCCC2)CCCC1. The number of carbonyl (C=O) groups is 1. The van der Waals surface area contributed by atoms with Crippen molar-refractivity contribution in [3.63, 3.8) is 0 Å². The molecular weight excluding hydrogens is 264 g/mol. The lowest BCUT2D eigenvalue weighted by atomic mass is 9.94. The van der Waals surface area contributed by atoms with E-state index in [4.69, 9.17) is 5.73 Å². The van der Waals surface area contributed by atoms with Gasteiger partial charge in [0.25, 0.3) is 0 Å². The van der Waals surface area contributed by atoms with E-state index in [0.717, 1.165) is 50.3 Å². The molecule has 1 aromatic rings. The molecule has 5 nitrogen and oxygen atoms in total. The summed E-state index contributed by atoms with van der Waals surface area (Å²) >= 11 is 0. The van der Waals surface area contributed by atoms with Crippen LogP contribution in [0, 0.1) is 0 Å². The molecule has 114 valence electrons. The van der Waals surface area contributed by atoms with E-state index in [-0.39, 0.29) is 11.4 Å². The minimum atomic E-state index is -0.305. The third-order valence-electron chi connectivity index (χ3n) is 4.58. The average Bonchev–Trinajstić information content (AvgIpc) is 3.11. The van der Waals surface area contributed by atoms with E-state index in [0.29, 0.717) is 6.42 Å². The summed E-state index contributed by atoms with van der Waals surface area (Å²) < 4.78 is 0. The molecule has 1 saturated carbocycles. The molecule has 2 heterocycles. The summed E-state index contributed by atoms with van der Waals surface area (Å²) in [5, 5.41) is 3.02. The molecule has 21 heavy (non-hydrogen) atoms. The van der Waals surface area contributed by atoms with Gasteiger partial charge in [0.2, 0.25) is 5.91 Å². The molecular formula is C16H24N4O. The zero-order chi connectivity index (χ0) is 14.7. The van der Waals surface area contributed by atoms with Crippen LogP contribution >= 0.6 is 0 Å². The summed E-state index contributed by atoms with van der Waals surface area (Å²) in [5.41, 5.74) is 6.79. The molecule has 1 aliphatic carbocycles. The molecule has 3 N–H and O–H groups in total. The first-order chi connectivity index (χ1) is 10.2. The molecule has 1 saturated heterocycles. The van der Waals surface area contributed by atoms with E-state index in [1.165, 1.54) is 12.8 Å². The Kier molecular flexibility index (Phi) is 4.10. The predicted molar refractivity (Wildman–Crippen MR) is 84.3 cm³/mol. The van der Waals surface area contributed by atoms with Gasteiger partial charge in [-0.1, -0.05) is 12.8 Å². The smallest absolute Gasteiger partial charge is 0.226 e. The number of amides is 1. The van der Waals surface area contributed by atoms with Gasteiger partial charge in [0, 0.05) is 31.2 Å². The van der Waals surface area contributed by atoms with E-state index < -0.39 is 0 Å². The van der Waals surface area contributed by atoms with E-state index in [9.17, 15) is 4.79 Å². The highest BCUT2D eigenvalue weighted by molar-refractivity contribution is 5.94. The normalized spacial score (nSPS) is 20.7. The van der Waals surface area contributed by atoms with Crippen molar-refractivity contribution in [2.24, 2.45) is 5.73 Å². The van der Waals surface area contributed by atoms with Gasteiger partial charge < -0.3 is 16.0 Å². The number of nitrogens with one attached hydrogen (secondary N) is 1. The fraction of sp³-hybridized carbons (Fsp3) is 0.625. The fourth-order valence-electron chi connectivity index (χ4n) is 3.45. The lowest BCUT2D eigenvalue weighted by Crippen LogP contribution is -2.40. The number of aromatic nitrogens is 1. The zero-order valence-corrected chi connectivity index (χ0v) is 12.5. The number of nitrogens with two attached hydrogens (primary N) is 1. The maximum atomic E-state index is 12.3. The summed E-state index contributed by atoms with van der Waals surface area (Å²) in [4.78, 5) is 19.0. The lowest BCUT2D eigenvalue weighted by molar-refractivity contribution is -0.117. The highest BCUT2D eigenvalue weighted by Crippen LogP contribution is 2.31. The third kappa shape index (κ3) is 3.35. The van der Waals surface area contributed by atoms with Crippen LogP contribution in [0.15, 0.2) is 18.3 Å². The Morgan fingerprint density at radius 3 is 2.71 bits per heavy atom.